The van der Waals surface area contributed by atoms with Crippen LogP contribution in [0.15, 0.2) is 23.1 Å². The minimum atomic E-state index is -3.73. The van der Waals surface area contributed by atoms with Crippen molar-refractivity contribution in [2.24, 2.45) is 0 Å². The van der Waals surface area contributed by atoms with Crippen LogP contribution in [-0.4, -0.2) is 46.3 Å². The second-order valence-electron chi connectivity index (χ2n) is 4.57. The first kappa shape index (κ1) is 17.5. The summed E-state index contributed by atoms with van der Waals surface area (Å²) >= 11 is 0. The second-order valence-corrected chi connectivity index (χ2v) is 6.61. The number of ketones is 1. The van der Waals surface area contributed by atoms with Gasteiger partial charge in [0.25, 0.3) is 0 Å². The SMILES string of the molecule is CCCC(=O)CN(C)S(=O)(=O)c1ccc(OC)c(OC)c1. The first-order chi connectivity index (χ1) is 9.86. The first-order valence-electron chi connectivity index (χ1n) is 6.56. The molecule has 0 saturated heterocycles. The summed E-state index contributed by atoms with van der Waals surface area (Å²) in [5, 5.41) is 0. The Balaban J connectivity index is 3.04. The number of rotatable bonds is 8. The Morgan fingerprint density at radius 1 is 1.19 bits per heavy atom. The van der Waals surface area contributed by atoms with Crippen molar-refractivity contribution in [3.63, 3.8) is 0 Å². The van der Waals surface area contributed by atoms with E-state index in [-0.39, 0.29) is 17.2 Å². The standard InChI is InChI=1S/C14H21NO5S/c1-5-6-11(16)10-15(2)21(17,18)12-7-8-13(19-3)14(9-12)20-4/h7-9H,5-6,10H2,1-4H3. The van der Waals surface area contributed by atoms with Crippen LogP contribution in [0.2, 0.25) is 0 Å². The molecule has 21 heavy (non-hydrogen) atoms. The Morgan fingerprint density at radius 2 is 1.81 bits per heavy atom. The highest BCUT2D eigenvalue weighted by Gasteiger charge is 2.24. The molecule has 0 heterocycles. The summed E-state index contributed by atoms with van der Waals surface area (Å²) in [5.41, 5.74) is 0. The molecular formula is C14H21NO5S. The quantitative estimate of drug-likeness (QED) is 0.730. The number of hydrogen-bond acceptors (Lipinski definition) is 5. The van der Waals surface area contributed by atoms with E-state index in [1.54, 1.807) is 0 Å². The van der Waals surface area contributed by atoms with Crippen LogP contribution < -0.4 is 9.47 Å². The third-order valence-electron chi connectivity index (χ3n) is 2.99. The number of sulfonamides is 1. The summed E-state index contributed by atoms with van der Waals surface area (Å²) in [7, 11) is 0.563. The van der Waals surface area contributed by atoms with Gasteiger partial charge in [-0.05, 0) is 18.6 Å². The van der Waals surface area contributed by atoms with Gasteiger partial charge in [0.05, 0.1) is 25.7 Å². The van der Waals surface area contributed by atoms with Crippen molar-refractivity contribution >= 4 is 15.8 Å². The summed E-state index contributed by atoms with van der Waals surface area (Å²) in [6.07, 6.45) is 1.06. The number of ether oxygens (including phenoxy) is 2. The fourth-order valence-electron chi connectivity index (χ4n) is 1.85. The van der Waals surface area contributed by atoms with E-state index in [4.69, 9.17) is 9.47 Å². The number of carbonyl (C=O) groups excluding carboxylic acids is 1. The molecule has 0 radical (unpaired) electrons. The van der Waals surface area contributed by atoms with Gasteiger partial charge in [-0.15, -0.1) is 0 Å². The van der Waals surface area contributed by atoms with Gasteiger partial charge >= 0.3 is 0 Å². The summed E-state index contributed by atoms with van der Waals surface area (Å²) in [4.78, 5) is 11.7. The molecule has 0 fully saturated rings. The van der Waals surface area contributed by atoms with Gasteiger partial charge in [0.1, 0.15) is 5.78 Å². The van der Waals surface area contributed by atoms with Gasteiger partial charge in [-0.25, -0.2) is 8.42 Å². The fraction of sp³-hybridized carbons (Fsp3) is 0.500. The Hall–Kier alpha value is -1.60. The number of Topliss-reactive ketones (excluding diaryl/α,β-unsaturated/α-hetero) is 1. The summed E-state index contributed by atoms with van der Waals surface area (Å²) < 4.78 is 36.1. The molecule has 7 heteroatoms. The number of benzene rings is 1. The van der Waals surface area contributed by atoms with Crippen molar-refractivity contribution < 1.29 is 22.7 Å². The van der Waals surface area contributed by atoms with E-state index in [0.717, 1.165) is 4.31 Å². The van der Waals surface area contributed by atoms with E-state index in [2.05, 4.69) is 0 Å². The number of likely N-dealkylation sites (N-methyl/N-ethyl adjacent to an activating group) is 1. The second kappa shape index (κ2) is 7.42. The molecule has 0 aromatic heterocycles. The van der Waals surface area contributed by atoms with Gasteiger partial charge in [-0.3, -0.25) is 4.79 Å². The van der Waals surface area contributed by atoms with Crippen LogP contribution in [0.25, 0.3) is 0 Å². The zero-order valence-electron chi connectivity index (χ0n) is 12.8. The van der Waals surface area contributed by atoms with Gasteiger partial charge in [0.15, 0.2) is 11.5 Å². The van der Waals surface area contributed by atoms with Crippen LogP contribution in [0.3, 0.4) is 0 Å². The third-order valence-corrected chi connectivity index (χ3v) is 4.79. The lowest BCUT2D eigenvalue weighted by molar-refractivity contribution is -0.119. The fourth-order valence-corrected chi connectivity index (χ4v) is 3.02. The Labute approximate surface area is 125 Å². The topological polar surface area (TPSA) is 72.9 Å². The molecule has 0 aliphatic heterocycles. The van der Waals surface area contributed by atoms with Crippen molar-refractivity contribution in [1.29, 1.82) is 0 Å². The van der Waals surface area contributed by atoms with Gasteiger partial charge in [0, 0.05) is 19.5 Å². The van der Waals surface area contributed by atoms with E-state index in [1.807, 2.05) is 6.92 Å². The van der Waals surface area contributed by atoms with Gasteiger partial charge < -0.3 is 9.47 Å². The molecule has 0 spiro atoms. The van der Waals surface area contributed by atoms with Crippen molar-refractivity contribution in [2.45, 2.75) is 24.7 Å². The van der Waals surface area contributed by atoms with Crippen LogP contribution >= 0.6 is 0 Å². The molecule has 0 unspecified atom stereocenters. The molecule has 1 aromatic rings. The minimum absolute atomic E-state index is 0.0620. The van der Waals surface area contributed by atoms with Crippen LogP contribution in [0, 0.1) is 0 Å². The predicted molar refractivity (Wildman–Crippen MR) is 79.3 cm³/mol. The smallest absolute Gasteiger partial charge is 0.243 e. The average molecular weight is 315 g/mol. The average Bonchev–Trinajstić information content (AvgIpc) is 2.46. The zero-order chi connectivity index (χ0) is 16.0. The lowest BCUT2D eigenvalue weighted by Crippen LogP contribution is -2.32. The first-order valence-corrected chi connectivity index (χ1v) is 8.00. The molecule has 6 nitrogen and oxygen atoms in total. The predicted octanol–water partition coefficient (Wildman–Crippen LogP) is 1.69. The highest BCUT2D eigenvalue weighted by Crippen LogP contribution is 2.30. The highest BCUT2D eigenvalue weighted by atomic mass is 32.2. The summed E-state index contributed by atoms with van der Waals surface area (Å²) in [6, 6.07) is 4.33. The van der Waals surface area contributed by atoms with Crippen LogP contribution in [-0.2, 0) is 14.8 Å². The van der Waals surface area contributed by atoms with Crippen molar-refractivity contribution in [1.82, 2.24) is 4.31 Å². The van der Waals surface area contributed by atoms with Crippen LogP contribution in [0.5, 0.6) is 11.5 Å². The largest absolute Gasteiger partial charge is 0.493 e. The maximum Gasteiger partial charge on any atom is 0.243 e. The lowest BCUT2D eigenvalue weighted by atomic mass is 10.2. The molecule has 118 valence electrons. The molecule has 1 aromatic carbocycles. The summed E-state index contributed by atoms with van der Waals surface area (Å²) in [5.74, 6) is 0.664. The molecule has 1 rings (SSSR count). The number of nitrogens with zero attached hydrogens (tertiary/aromatic N) is 1. The molecular weight excluding hydrogens is 294 g/mol. The molecule has 0 amide bonds. The minimum Gasteiger partial charge on any atom is -0.493 e. The molecule has 0 saturated carbocycles. The van der Waals surface area contributed by atoms with Gasteiger partial charge in [0.2, 0.25) is 10.0 Å². The number of carbonyl (C=O) groups is 1. The third kappa shape index (κ3) is 4.18. The Bertz CT molecular complexity index is 597. The molecule has 0 aliphatic rings. The Kier molecular flexibility index (Phi) is 6.17. The Morgan fingerprint density at radius 3 is 2.33 bits per heavy atom. The van der Waals surface area contributed by atoms with E-state index < -0.39 is 10.0 Å². The molecule has 0 N–H and O–H groups in total. The van der Waals surface area contributed by atoms with E-state index >= 15 is 0 Å². The van der Waals surface area contributed by atoms with Crippen molar-refractivity contribution in [3.05, 3.63) is 18.2 Å². The maximum absolute atomic E-state index is 12.4. The van der Waals surface area contributed by atoms with Crippen molar-refractivity contribution in [2.75, 3.05) is 27.8 Å². The highest BCUT2D eigenvalue weighted by molar-refractivity contribution is 7.89. The van der Waals surface area contributed by atoms with E-state index in [0.29, 0.717) is 24.3 Å². The van der Waals surface area contributed by atoms with Crippen molar-refractivity contribution in [3.8, 4) is 11.5 Å². The maximum atomic E-state index is 12.4. The molecule has 0 atom stereocenters. The molecule has 0 bridgehead atoms. The van der Waals surface area contributed by atoms with Crippen LogP contribution in [0.1, 0.15) is 19.8 Å². The monoisotopic (exact) mass is 315 g/mol. The zero-order valence-corrected chi connectivity index (χ0v) is 13.6. The van der Waals surface area contributed by atoms with Crippen LogP contribution in [0.4, 0.5) is 0 Å². The lowest BCUT2D eigenvalue weighted by Gasteiger charge is -2.17. The van der Waals surface area contributed by atoms with E-state index in [9.17, 15) is 13.2 Å². The summed E-state index contributed by atoms with van der Waals surface area (Å²) in [6.45, 7) is 1.74. The number of methoxy groups -OCH3 is 2. The van der Waals surface area contributed by atoms with Gasteiger partial charge in [-0.2, -0.15) is 4.31 Å². The normalized spacial score (nSPS) is 11.5. The molecule has 0 aliphatic carbocycles. The van der Waals surface area contributed by atoms with E-state index in [1.165, 1.54) is 39.5 Å². The number of hydrogen-bond donors (Lipinski definition) is 0. The van der Waals surface area contributed by atoms with Gasteiger partial charge in [-0.1, -0.05) is 6.92 Å².